The van der Waals surface area contributed by atoms with Crippen LogP contribution in [0.5, 0.6) is 11.8 Å². The van der Waals surface area contributed by atoms with E-state index in [-0.39, 0.29) is 85.3 Å². The zero-order chi connectivity index (χ0) is 29.3. The largest absolute Gasteiger partial charge is 0.483 e. The quantitative estimate of drug-likeness (QED) is 0.285. The Labute approximate surface area is 246 Å². The Hall–Kier alpha value is -4.51. The van der Waals surface area contributed by atoms with Gasteiger partial charge in [-0.15, -0.1) is 11.3 Å². The first-order valence-corrected chi connectivity index (χ1v) is 13.9. The maximum absolute atomic E-state index is 16.8. The summed E-state index contributed by atoms with van der Waals surface area (Å²) in [5.74, 6) is -0.653. The van der Waals surface area contributed by atoms with Crippen molar-refractivity contribution in [3.05, 3.63) is 58.2 Å². The standard InChI is InChI=1S/C28H20ClF2N7O3S/c1-39-28-36-22-19-23(20(29)18(21(22)31)12-4-5-14(30)24-17(12)13(7-32)26(34)42-24)41-16-10-40-9-15(16)38(27(19)37-28)8-11-3-2-6-35-25(11)33/h2-6,15-16H,8-10,34H2,1H3,(H2,33,35). The van der Waals surface area contributed by atoms with Gasteiger partial charge in [0.05, 0.1) is 47.0 Å². The number of halogens is 3. The second kappa shape index (κ2) is 9.80. The van der Waals surface area contributed by atoms with Crippen molar-refractivity contribution in [1.29, 1.82) is 5.26 Å². The Morgan fingerprint density at radius 1 is 1.21 bits per heavy atom. The highest BCUT2D eigenvalue weighted by molar-refractivity contribution is 7.23. The minimum Gasteiger partial charge on any atom is -0.483 e. The highest BCUT2D eigenvalue weighted by Crippen LogP contribution is 2.52. The van der Waals surface area contributed by atoms with E-state index in [0.717, 1.165) is 11.3 Å². The number of benzene rings is 2. The summed E-state index contributed by atoms with van der Waals surface area (Å²) < 4.78 is 49.4. The first-order valence-electron chi connectivity index (χ1n) is 12.7. The molecule has 0 amide bonds. The minimum atomic E-state index is -0.824. The molecule has 5 aromatic rings. The first-order chi connectivity index (χ1) is 20.3. The molecule has 14 heteroatoms. The number of anilines is 3. The number of nitrogens with two attached hydrogens (primary N) is 2. The topological polar surface area (TPSA) is 145 Å². The van der Waals surface area contributed by atoms with Gasteiger partial charge in [-0.2, -0.15) is 15.2 Å². The number of aromatic nitrogens is 3. The van der Waals surface area contributed by atoms with E-state index >= 15 is 4.39 Å². The van der Waals surface area contributed by atoms with E-state index in [9.17, 15) is 9.65 Å². The Bertz CT molecular complexity index is 1980. The fourth-order valence-electron chi connectivity index (χ4n) is 5.59. The highest BCUT2D eigenvalue weighted by Gasteiger charge is 2.42. The number of nitrogens with zero attached hydrogens (tertiary/aromatic N) is 5. The molecule has 2 aromatic carbocycles. The normalized spacial score (nSPS) is 17.6. The molecular formula is C28H20ClF2N7O3S. The molecule has 212 valence electrons. The zero-order valence-corrected chi connectivity index (χ0v) is 23.4. The van der Waals surface area contributed by atoms with Crippen LogP contribution in [0.15, 0.2) is 30.5 Å². The first kappa shape index (κ1) is 26.4. The average Bonchev–Trinajstić information content (AvgIpc) is 3.56. The maximum atomic E-state index is 16.8. The van der Waals surface area contributed by atoms with Crippen LogP contribution < -0.4 is 25.8 Å². The maximum Gasteiger partial charge on any atom is 0.318 e. The molecule has 1 fully saturated rings. The van der Waals surface area contributed by atoms with Crippen molar-refractivity contribution in [2.24, 2.45) is 0 Å². The second-order valence-electron chi connectivity index (χ2n) is 9.78. The molecule has 1 saturated heterocycles. The lowest BCUT2D eigenvalue weighted by molar-refractivity contribution is 0.142. The van der Waals surface area contributed by atoms with Gasteiger partial charge in [0.15, 0.2) is 11.6 Å². The number of rotatable bonds is 4. The number of hydrogen-bond acceptors (Lipinski definition) is 11. The monoisotopic (exact) mass is 607 g/mol. The third-order valence-electron chi connectivity index (χ3n) is 7.53. The van der Waals surface area contributed by atoms with Gasteiger partial charge in [-0.25, -0.2) is 13.8 Å². The van der Waals surface area contributed by atoms with Crippen LogP contribution in [0.25, 0.3) is 32.1 Å². The molecule has 10 nitrogen and oxygen atoms in total. The van der Waals surface area contributed by atoms with Crippen LogP contribution in [0.3, 0.4) is 0 Å². The van der Waals surface area contributed by atoms with Gasteiger partial charge in [-0.1, -0.05) is 23.7 Å². The number of nitriles is 1. The number of hydrogen-bond donors (Lipinski definition) is 2. The lowest BCUT2D eigenvalue weighted by Gasteiger charge is -2.30. The SMILES string of the molecule is COc1nc2c3c(c(Cl)c(-c4ccc(F)c5sc(N)c(C#N)c45)c(F)c3n1)OC1COCC1N2Cc1cccnc1N. The molecule has 0 spiro atoms. The van der Waals surface area contributed by atoms with Crippen molar-refractivity contribution in [2.45, 2.75) is 18.7 Å². The van der Waals surface area contributed by atoms with Crippen LogP contribution in [0.1, 0.15) is 11.1 Å². The number of nitrogen functional groups attached to an aromatic ring is 2. The van der Waals surface area contributed by atoms with Gasteiger partial charge in [0.25, 0.3) is 0 Å². The van der Waals surface area contributed by atoms with Crippen LogP contribution in [0, 0.1) is 23.0 Å². The summed E-state index contributed by atoms with van der Waals surface area (Å²) in [6.45, 7) is 0.770. The van der Waals surface area contributed by atoms with Crippen LogP contribution in [0.2, 0.25) is 5.02 Å². The third kappa shape index (κ3) is 3.79. The van der Waals surface area contributed by atoms with Crippen LogP contribution >= 0.6 is 22.9 Å². The smallest absolute Gasteiger partial charge is 0.318 e. The number of methoxy groups -OCH3 is 1. The molecule has 7 rings (SSSR count). The lowest BCUT2D eigenvalue weighted by Crippen LogP contribution is -2.44. The fourth-order valence-corrected chi connectivity index (χ4v) is 6.86. The van der Waals surface area contributed by atoms with Gasteiger partial charge in [0, 0.05) is 29.3 Å². The molecule has 0 saturated carbocycles. The molecule has 0 aliphatic carbocycles. The van der Waals surface area contributed by atoms with E-state index in [1.807, 2.05) is 17.0 Å². The Balaban J connectivity index is 1.56. The number of ether oxygens (including phenoxy) is 3. The number of thiophene rings is 1. The summed E-state index contributed by atoms with van der Waals surface area (Å²) in [5, 5.41) is 10.2. The van der Waals surface area contributed by atoms with E-state index in [1.54, 1.807) is 12.3 Å². The van der Waals surface area contributed by atoms with Gasteiger partial charge >= 0.3 is 6.01 Å². The molecule has 4 N–H and O–H groups in total. The molecule has 3 aromatic heterocycles. The van der Waals surface area contributed by atoms with Crippen LogP contribution in [-0.2, 0) is 11.3 Å². The van der Waals surface area contributed by atoms with Crippen LogP contribution in [0.4, 0.5) is 25.4 Å². The summed E-state index contributed by atoms with van der Waals surface area (Å²) >= 11 is 7.90. The molecular weight excluding hydrogens is 588 g/mol. The van der Waals surface area contributed by atoms with Crippen molar-refractivity contribution in [3.63, 3.8) is 0 Å². The zero-order valence-electron chi connectivity index (χ0n) is 21.8. The van der Waals surface area contributed by atoms with E-state index in [1.165, 1.54) is 19.2 Å². The summed E-state index contributed by atoms with van der Waals surface area (Å²) in [6.07, 6.45) is 1.07. The van der Waals surface area contributed by atoms with E-state index in [4.69, 9.17) is 37.3 Å². The van der Waals surface area contributed by atoms with Crippen molar-refractivity contribution in [2.75, 3.05) is 36.7 Å². The minimum absolute atomic E-state index is 0.0253. The number of fused-ring (bicyclic) bond motifs is 2. The predicted molar refractivity (Wildman–Crippen MR) is 155 cm³/mol. The molecule has 2 aliphatic rings. The summed E-state index contributed by atoms with van der Waals surface area (Å²) in [4.78, 5) is 15.1. The molecule has 42 heavy (non-hydrogen) atoms. The van der Waals surface area contributed by atoms with Crippen molar-refractivity contribution >= 4 is 60.6 Å². The highest BCUT2D eigenvalue weighted by atomic mass is 35.5. The molecule has 2 unspecified atom stereocenters. The average molecular weight is 608 g/mol. The predicted octanol–water partition coefficient (Wildman–Crippen LogP) is 5.05. The van der Waals surface area contributed by atoms with Crippen molar-refractivity contribution in [1.82, 2.24) is 15.0 Å². The summed E-state index contributed by atoms with van der Waals surface area (Å²) in [7, 11) is 1.37. The van der Waals surface area contributed by atoms with Gasteiger partial charge in [-0.3, -0.25) is 0 Å². The van der Waals surface area contributed by atoms with Gasteiger partial charge in [-0.05, 0) is 17.7 Å². The third-order valence-corrected chi connectivity index (χ3v) is 8.92. The van der Waals surface area contributed by atoms with Crippen molar-refractivity contribution in [3.8, 4) is 29.0 Å². The molecule has 2 atom stereocenters. The lowest BCUT2D eigenvalue weighted by atomic mass is 9.96. The Kier molecular flexibility index (Phi) is 6.16. The van der Waals surface area contributed by atoms with E-state index < -0.39 is 17.7 Å². The second-order valence-corrected chi connectivity index (χ2v) is 11.2. The molecule has 2 aliphatic heterocycles. The Morgan fingerprint density at radius 2 is 2.05 bits per heavy atom. The van der Waals surface area contributed by atoms with Crippen molar-refractivity contribution < 1.29 is 23.0 Å². The van der Waals surface area contributed by atoms with Crippen LogP contribution in [-0.4, -0.2) is 47.4 Å². The van der Waals surface area contributed by atoms with Gasteiger partial charge in [0.2, 0.25) is 0 Å². The number of pyridine rings is 1. The van der Waals surface area contributed by atoms with E-state index in [2.05, 4.69) is 15.0 Å². The van der Waals surface area contributed by atoms with Gasteiger partial charge < -0.3 is 30.6 Å². The van der Waals surface area contributed by atoms with E-state index in [0.29, 0.717) is 17.2 Å². The fraction of sp³-hybridized carbons (Fsp3) is 0.214. The summed E-state index contributed by atoms with van der Waals surface area (Å²) in [6, 6.07) is 7.71. The molecule has 0 radical (unpaired) electrons. The van der Waals surface area contributed by atoms with Gasteiger partial charge in [0.1, 0.15) is 40.1 Å². The summed E-state index contributed by atoms with van der Waals surface area (Å²) in [5.41, 5.74) is 12.9. The Morgan fingerprint density at radius 3 is 2.81 bits per heavy atom. The molecule has 5 heterocycles. The molecule has 0 bridgehead atoms.